The second-order valence-corrected chi connectivity index (χ2v) is 5.69. The minimum Gasteiger partial charge on any atom is -0.492 e. The van der Waals surface area contributed by atoms with E-state index >= 15 is 0 Å². The molecule has 2 rings (SSSR count). The topological polar surface area (TPSA) is 47.7 Å². The Balaban J connectivity index is 2.28. The first kappa shape index (κ1) is 14.0. The number of ether oxygens (including phenoxy) is 2. The van der Waals surface area contributed by atoms with E-state index in [9.17, 15) is 0 Å². The molecule has 0 bridgehead atoms. The lowest BCUT2D eigenvalue weighted by Gasteiger charge is -2.43. The number of para-hydroxylation sites is 1. The number of rotatable bonds is 3. The van der Waals surface area contributed by atoms with E-state index in [-0.39, 0.29) is 11.7 Å². The molecule has 1 saturated heterocycles. The predicted molar refractivity (Wildman–Crippen MR) is 78.9 cm³/mol. The summed E-state index contributed by atoms with van der Waals surface area (Å²) in [6, 6.07) is 5.95. The van der Waals surface area contributed by atoms with Gasteiger partial charge in [-0.15, -0.1) is 0 Å². The third kappa shape index (κ3) is 3.13. The van der Waals surface area contributed by atoms with E-state index < -0.39 is 0 Å². The quantitative estimate of drug-likeness (QED) is 0.853. The summed E-state index contributed by atoms with van der Waals surface area (Å²) in [4.78, 5) is 2.28. The van der Waals surface area contributed by atoms with Gasteiger partial charge in [-0.3, -0.25) is 0 Å². The van der Waals surface area contributed by atoms with Crippen LogP contribution in [0, 0.1) is 0 Å². The van der Waals surface area contributed by atoms with Crippen molar-refractivity contribution in [2.24, 2.45) is 0 Å². The number of nitrogens with two attached hydrogens (primary N) is 1. The van der Waals surface area contributed by atoms with Gasteiger partial charge in [-0.1, -0.05) is 6.07 Å². The standard InChI is InChI=1S/C15H24N2O2/c1-5-18-13-8-6-7-12(14(13)16)17-9-11(2)19-15(3,4)10-17/h6-8,11H,5,9-10,16H2,1-4H3. The molecule has 1 aromatic carbocycles. The molecule has 19 heavy (non-hydrogen) atoms. The molecular formula is C15H24N2O2. The minimum atomic E-state index is -0.161. The van der Waals surface area contributed by atoms with Gasteiger partial charge in [0.05, 0.1) is 29.7 Å². The van der Waals surface area contributed by atoms with Crippen molar-refractivity contribution >= 4 is 11.4 Å². The molecule has 2 N–H and O–H groups in total. The Hall–Kier alpha value is -1.42. The second-order valence-electron chi connectivity index (χ2n) is 5.69. The molecule has 4 nitrogen and oxygen atoms in total. The van der Waals surface area contributed by atoms with Gasteiger partial charge in [0, 0.05) is 13.1 Å². The van der Waals surface area contributed by atoms with Gasteiger partial charge >= 0.3 is 0 Å². The summed E-state index contributed by atoms with van der Waals surface area (Å²) in [7, 11) is 0. The van der Waals surface area contributed by atoms with Crippen LogP contribution in [-0.4, -0.2) is 31.4 Å². The number of hydrogen-bond acceptors (Lipinski definition) is 4. The van der Waals surface area contributed by atoms with Crippen molar-refractivity contribution in [3.8, 4) is 5.75 Å². The van der Waals surface area contributed by atoms with E-state index in [4.69, 9.17) is 15.2 Å². The first-order chi connectivity index (χ1) is 8.93. The Kier molecular flexibility index (Phi) is 3.90. The highest BCUT2D eigenvalue weighted by Gasteiger charge is 2.32. The second kappa shape index (κ2) is 5.29. The molecule has 0 amide bonds. The highest BCUT2D eigenvalue weighted by atomic mass is 16.5. The van der Waals surface area contributed by atoms with Crippen LogP contribution < -0.4 is 15.4 Å². The Bertz CT molecular complexity index is 446. The molecule has 1 aliphatic heterocycles. The molecule has 1 aliphatic rings. The molecule has 0 aliphatic carbocycles. The maximum Gasteiger partial charge on any atom is 0.144 e. The molecule has 0 spiro atoms. The normalized spacial score (nSPS) is 22.3. The Morgan fingerprint density at radius 2 is 2.21 bits per heavy atom. The molecule has 0 aromatic heterocycles. The van der Waals surface area contributed by atoms with Crippen LogP contribution in [0.25, 0.3) is 0 Å². The highest BCUT2D eigenvalue weighted by molar-refractivity contribution is 5.74. The fourth-order valence-corrected chi connectivity index (χ4v) is 2.73. The maximum absolute atomic E-state index is 6.23. The van der Waals surface area contributed by atoms with Crippen LogP contribution in [0.5, 0.6) is 5.75 Å². The molecular weight excluding hydrogens is 240 g/mol. The van der Waals surface area contributed by atoms with Crippen LogP contribution in [0.4, 0.5) is 11.4 Å². The molecule has 4 heteroatoms. The van der Waals surface area contributed by atoms with Crippen LogP contribution in [0.2, 0.25) is 0 Å². The number of nitrogen functional groups attached to an aromatic ring is 1. The van der Waals surface area contributed by atoms with Crippen molar-refractivity contribution in [2.45, 2.75) is 39.4 Å². The lowest BCUT2D eigenvalue weighted by Crippen LogP contribution is -2.52. The third-order valence-electron chi connectivity index (χ3n) is 3.25. The van der Waals surface area contributed by atoms with Crippen LogP contribution in [0.15, 0.2) is 18.2 Å². The van der Waals surface area contributed by atoms with Gasteiger partial charge in [0.1, 0.15) is 5.75 Å². The lowest BCUT2D eigenvalue weighted by atomic mass is 10.0. The number of morpholine rings is 1. The smallest absolute Gasteiger partial charge is 0.144 e. The van der Waals surface area contributed by atoms with Crippen molar-refractivity contribution in [3.05, 3.63) is 18.2 Å². The zero-order valence-corrected chi connectivity index (χ0v) is 12.3. The van der Waals surface area contributed by atoms with E-state index in [1.54, 1.807) is 0 Å². The maximum atomic E-state index is 6.23. The molecule has 1 atom stereocenters. The average molecular weight is 264 g/mol. The van der Waals surface area contributed by atoms with Crippen LogP contribution in [-0.2, 0) is 4.74 Å². The summed E-state index contributed by atoms with van der Waals surface area (Å²) in [5, 5.41) is 0. The largest absolute Gasteiger partial charge is 0.492 e. The van der Waals surface area contributed by atoms with Crippen molar-refractivity contribution < 1.29 is 9.47 Å². The first-order valence-electron chi connectivity index (χ1n) is 6.87. The summed E-state index contributed by atoms with van der Waals surface area (Å²) in [6.45, 7) is 10.6. The van der Waals surface area contributed by atoms with E-state index in [0.717, 1.165) is 24.5 Å². The first-order valence-corrected chi connectivity index (χ1v) is 6.87. The fraction of sp³-hybridized carbons (Fsp3) is 0.600. The van der Waals surface area contributed by atoms with E-state index in [0.29, 0.717) is 12.3 Å². The molecule has 106 valence electrons. The molecule has 0 saturated carbocycles. The van der Waals surface area contributed by atoms with E-state index in [2.05, 4.69) is 25.7 Å². The zero-order valence-electron chi connectivity index (χ0n) is 12.3. The molecule has 1 fully saturated rings. The van der Waals surface area contributed by atoms with Gasteiger partial charge < -0.3 is 20.1 Å². The van der Waals surface area contributed by atoms with E-state index in [1.807, 2.05) is 25.1 Å². The Morgan fingerprint density at radius 3 is 2.84 bits per heavy atom. The Labute approximate surface area is 115 Å². The molecule has 0 radical (unpaired) electrons. The predicted octanol–water partition coefficient (Wildman–Crippen LogP) is 2.67. The van der Waals surface area contributed by atoms with Crippen LogP contribution in [0.3, 0.4) is 0 Å². The SMILES string of the molecule is CCOc1cccc(N2CC(C)OC(C)(C)C2)c1N. The van der Waals surface area contributed by atoms with Gasteiger partial charge in [-0.2, -0.15) is 0 Å². The fourth-order valence-electron chi connectivity index (χ4n) is 2.73. The summed E-state index contributed by atoms with van der Waals surface area (Å²) in [5.74, 6) is 0.761. The summed E-state index contributed by atoms with van der Waals surface area (Å²) < 4.78 is 11.5. The number of benzene rings is 1. The highest BCUT2D eigenvalue weighted by Crippen LogP contribution is 2.35. The summed E-state index contributed by atoms with van der Waals surface area (Å²) >= 11 is 0. The minimum absolute atomic E-state index is 0.161. The molecule has 1 unspecified atom stereocenters. The number of anilines is 2. The van der Waals surface area contributed by atoms with Gasteiger partial charge in [0.25, 0.3) is 0 Å². The average Bonchev–Trinajstić information content (AvgIpc) is 2.29. The monoisotopic (exact) mass is 264 g/mol. The lowest BCUT2D eigenvalue weighted by molar-refractivity contribution is -0.0749. The summed E-state index contributed by atoms with van der Waals surface area (Å²) in [5.41, 5.74) is 7.82. The zero-order chi connectivity index (χ0) is 14.0. The van der Waals surface area contributed by atoms with Gasteiger partial charge in [0.15, 0.2) is 0 Å². The van der Waals surface area contributed by atoms with Crippen LogP contribution >= 0.6 is 0 Å². The van der Waals surface area contributed by atoms with Crippen molar-refractivity contribution in [2.75, 3.05) is 30.3 Å². The summed E-state index contributed by atoms with van der Waals surface area (Å²) in [6.07, 6.45) is 0.193. The molecule has 1 aromatic rings. The van der Waals surface area contributed by atoms with Crippen molar-refractivity contribution in [1.82, 2.24) is 0 Å². The Morgan fingerprint density at radius 1 is 1.47 bits per heavy atom. The van der Waals surface area contributed by atoms with Gasteiger partial charge in [-0.25, -0.2) is 0 Å². The van der Waals surface area contributed by atoms with E-state index in [1.165, 1.54) is 0 Å². The van der Waals surface area contributed by atoms with Gasteiger partial charge in [-0.05, 0) is 39.8 Å². The number of hydrogen-bond donors (Lipinski definition) is 1. The van der Waals surface area contributed by atoms with Crippen LogP contribution in [0.1, 0.15) is 27.7 Å². The van der Waals surface area contributed by atoms with Gasteiger partial charge in [0.2, 0.25) is 0 Å². The third-order valence-corrected chi connectivity index (χ3v) is 3.25. The van der Waals surface area contributed by atoms with Crippen molar-refractivity contribution in [3.63, 3.8) is 0 Å². The van der Waals surface area contributed by atoms with Crippen molar-refractivity contribution in [1.29, 1.82) is 0 Å². The number of nitrogens with zero attached hydrogens (tertiary/aromatic N) is 1. The molecule has 1 heterocycles.